The normalized spacial score (nSPS) is 11.2. The number of halogens is 3. The monoisotopic (exact) mass is 383 g/mol. The van der Waals surface area contributed by atoms with E-state index in [0.717, 1.165) is 27.1 Å². The van der Waals surface area contributed by atoms with Gasteiger partial charge in [-0.2, -0.15) is 0 Å². The van der Waals surface area contributed by atoms with E-state index < -0.39 is 0 Å². The lowest BCUT2D eigenvalue weighted by Gasteiger charge is -2.10. The number of fused-ring (bicyclic) bond motifs is 1. The van der Waals surface area contributed by atoms with Gasteiger partial charge in [0.15, 0.2) is 5.65 Å². The maximum absolute atomic E-state index is 6.01. The molecule has 3 nitrogen and oxygen atoms in total. The topological polar surface area (TPSA) is 30.7 Å². The minimum Gasteiger partial charge on any atom is -0.280 e. The van der Waals surface area contributed by atoms with Gasteiger partial charge in [0, 0.05) is 23.0 Å². The van der Waals surface area contributed by atoms with E-state index in [1.54, 1.807) is 6.20 Å². The molecule has 2 heterocycles. The Morgan fingerprint density at radius 2 is 2.10 bits per heavy atom. The van der Waals surface area contributed by atoms with Crippen LogP contribution in [0.2, 0.25) is 5.02 Å². The summed E-state index contributed by atoms with van der Waals surface area (Å²) in [5.74, 6) is 1.37. The van der Waals surface area contributed by atoms with Crippen LogP contribution < -0.4 is 0 Å². The Balaban J connectivity index is 2.30. The van der Waals surface area contributed by atoms with E-state index in [-0.39, 0.29) is 0 Å². The van der Waals surface area contributed by atoms with Gasteiger partial charge in [-0.05, 0) is 46.6 Å². The fourth-order valence-corrected chi connectivity index (χ4v) is 3.28. The van der Waals surface area contributed by atoms with Gasteiger partial charge in [-0.25, -0.2) is 9.97 Å². The number of rotatable bonds is 3. The highest BCUT2D eigenvalue weighted by molar-refractivity contribution is 9.10. The van der Waals surface area contributed by atoms with Crippen LogP contribution in [0.5, 0.6) is 0 Å². The number of aryl methyl sites for hydroxylation is 2. The average molecular weight is 385 g/mol. The Morgan fingerprint density at radius 1 is 1.29 bits per heavy atom. The van der Waals surface area contributed by atoms with Crippen LogP contribution in [0.4, 0.5) is 0 Å². The number of nitrogens with zero attached hydrogens (tertiary/aromatic N) is 3. The van der Waals surface area contributed by atoms with Crippen LogP contribution in [0.25, 0.3) is 16.9 Å². The summed E-state index contributed by atoms with van der Waals surface area (Å²) in [4.78, 5) is 9.04. The molecule has 6 heteroatoms. The molecule has 0 aliphatic carbocycles. The number of imidazole rings is 1. The largest absolute Gasteiger partial charge is 0.280 e. The van der Waals surface area contributed by atoms with E-state index in [9.17, 15) is 0 Å². The minimum absolute atomic E-state index is 0.501. The highest BCUT2D eigenvalue weighted by Crippen LogP contribution is 2.28. The SMILES string of the molecule is Cc1ccc(-n2c(CCCl)nc3cc(Cl)cnc32)c(Br)c1. The van der Waals surface area contributed by atoms with Gasteiger partial charge >= 0.3 is 0 Å². The van der Waals surface area contributed by atoms with Crippen molar-refractivity contribution in [1.29, 1.82) is 0 Å². The van der Waals surface area contributed by atoms with E-state index in [1.165, 1.54) is 5.56 Å². The summed E-state index contributed by atoms with van der Waals surface area (Å²) >= 11 is 15.5. The van der Waals surface area contributed by atoms with Crippen LogP contribution in [-0.2, 0) is 6.42 Å². The number of benzene rings is 1. The molecule has 0 saturated carbocycles. The van der Waals surface area contributed by atoms with E-state index in [4.69, 9.17) is 23.2 Å². The van der Waals surface area contributed by atoms with Crippen molar-refractivity contribution in [2.24, 2.45) is 0 Å². The molecule has 0 unspecified atom stereocenters. The van der Waals surface area contributed by atoms with E-state index in [1.807, 2.05) is 10.6 Å². The predicted molar refractivity (Wildman–Crippen MR) is 90.7 cm³/mol. The van der Waals surface area contributed by atoms with Gasteiger partial charge in [0.1, 0.15) is 11.3 Å². The van der Waals surface area contributed by atoms with Crippen molar-refractivity contribution < 1.29 is 0 Å². The predicted octanol–water partition coefficient (Wildman–Crippen LogP) is 4.93. The lowest BCUT2D eigenvalue weighted by molar-refractivity contribution is 0.902. The van der Waals surface area contributed by atoms with E-state index >= 15 is 0 Å². The lowest BCUT2D eigenvalue weighted by atomic mass is 10.2. The summed E-state index contributed by atoms with van der Waals surface area (Å²) < 4.78 is 3.02. The third-order valence-corrected chi connectivity index (χ3v) is 4.23. The highest BCUT2D eigenvalue weighted by Gasteiger charge is 2.15. The molecule has 0 fully saturated rings. The molecule has 3 rings (SSSR count). The van der Waals surface area contributed by atoms with E-state index in [2.05, 4.69) is 51.0 Å². The Labute approximate surface area is 141 Å². The Hall–Kier alpha value is -1.10. The molecule has 3 aromatic rings. The summed E-state index contributed by atoms with van der Waals surface area (Å²) in [5, 5.41) is 0.576. The van der Waals surface area contributed by atoms with Crippen molar-refractivity contribution in [2.75, 3.05) is 5.88 Å². The second kappa shape index (κ2) is 5.95. The van der Waals surface area contributed by atoms with Crippen LogP contribution >= 0.6 is 39.1 Å². The minimum atomic E-state index is 0.501. The zero-order valence-electron chi connectivity index (χ0n) is 11.3. The molecule has 108 valence electrons. The molecule has 0 aliphatic heterocycles. The zero-order chi connectivity index (χ0) is 15.0. The average Bonchev–Trinajstić information content (AvgIpc) is 2.76. The fourth-order valence-electron chi connectivity index (χ4n) is 2.29. The summed E-state index contributed by atoms with van der Waals surface area (Å²) in [7, 11) is 0. The molecule has 1 aromatic carbocycles. The first-order chi connectivity index (χ1) is 10.1. The first kappa shape index (κ1) is 14.8. The maximum atomic E-state index is 6.01. The molecule has 2 aromatic heterocycles. The van der Waals surface area contributed by atoms with Gasteiger partial charge in [0.05, 0.1) is 10.7 Å². The van der Waals surface area contributed by atoms with Crippen molar-refractivity contribution in [1.82, 2.24) is 14.5 Å². The number of pyridine rings is 1. The molecule has 0 radical (unpaired) electrons. The Morgan fingerprint density at radius 3 is 2.81 bits per heavy atom. The van der Waals surface area contributed by atoms with Crippen molar-refractivity contribution in [2.45, 2.75) is 13.3 Å². The van der Waals surface area contributed by atoms with Crippen molar-refractivity contribution >= 4 is 50.3 Å². The Bertz CT molecular complexity index is 814. The summed E-state index contributed by atoms with van der Waals surface area (Å²) in [5.41, 5.74) is 3.74. The van der Waals surface area contributed by atoms with Gasteiger partial charge in [-0.1, -0.05) is 17.7 Å². The third-order valence-electron chi connectivity index (χ3n) is 3.20. The summed E-state index contributed by atoms with van der Waals surface area (Å²) in [6.07, 6.45) is 2.30. The zero-order valence-corrected chi connectivity index (χ0v) is 14.4. The second-order valence-corrected chi connectivity index (χ2v) is 6.42. The molecule has 0 atom stereocenters. The molecule has 0 aliphatic rings. The first-order valence-electron chi connectivity index (χ1n) is 6.45. The van der Waals surface area contributed by atoms with Crippen molar-refractivity contribution in [3.63, 3.8) is 0 Å². The van der Waals surface area contributed by atoms with Crippen LogP contribution in [0, 0.1) is 6.92 Å². The summed E-state index contributed by atoms with van der Waals surface area (Å²) in [6, 6.07) is 8.00. The van der Waals surface area contributed by atoms with Gasteiger partial charge in [0.25, 0.3) is 0 Å². The van der Waals surface area contributed by atoms with Crippen LogP contribution in [0.1, 0.15) is 11.4 Å². The third kappa shape index (κ3) is 2.80. The molecular formula is C15H12BrCl2N3. The van der Waals surface area contributed by atoms with Gasteiger partial charge < -0.3 is 0 Å². The quantitative estimate of drug-likeness (QED) is 0.599. The molecule has 0 saturated heterocycles. The van der Waals surface area contributed by atoms with Gasteiger partial charge in [-0.15, -0.1) is 11.6 Å². The molecular weight excluding hydrogens is 373 g/mol. The summed E-state index contributed by atoms with van der Waals surface area (Å²) in [6.45, 7) is 2.05. The highest BCUT2D eigenvalue weighted by atomic mass is 79.9. The smallest absolute Gasteiger partial charge is 0.164 e. The van der Waals surface area contributed by atoms with Crippen LogP contribution in [0.3, 0.4) is 0 Å². The number of aromatic nitrogens is 3. The maximum Gasteiger partial charge on any atom is 0.164 e. The second-order valence-electron chi connectivity index (χ2n) is 4.75. The van der Waals surface area contributed by atoms with Crippen LogP contribution in [0.15, 0.2) is 34.9 Å². The standard InChI is InChI=1S/C15H12BrCl2N3/c1-9-2-3-13(11(16)6-9)21-14(4-5-17)20-12-7-10(18)8-19-15(12)21/h2-3,6-8H,4-5H2,1H3. The molecule has 0 spiro atoms. The molecule has 0 N–H and O–H groups in total. The van der Waals surface area contributed by atoms with Crippen molar-refractivity contribution in [3.8, 4) is 5.69 Å². The van der Waals surface area contributed by atoms with Crippen LogP contribution in [-0.4, -0.2) is 20.4 Å². The van der Waals surface area contributed by atoms with E-state index in [0.29, 0.717) is 17.3 Å². The molecule has 0 amide bonds. The van der Waals surface area contributed by atoms with Gasteiger partial charge in [-0.3, -0.25) is 4.57 Å². The molecule has 0 bridgehead atoms. The number of hydrogen-bond donors (Lipinski definition) is 0. The fraction of sp³-hybridized carbons (Fsp3) is 0.200. The molecule has 21 heavy (non-hydrogen) atoms. The number of alkyl halides is 1. The first-order valence-corrected chi connectivity index (χ1v) is 8.16. The Kier molecular flexibility index (Phi) is 4.20. The van der Waals surface area contributed by atoms with Gasteiger partial charge in [0.2, 0.25) is 0 Å². The number of hydrogen-bond acceptors (Lipinski definition) is 2. The lowest BCUT2D eigenvalue weighted by Crippen LogP contribution is -2.04. The van der Waals surface area contributed by atoms with Crippen molar-refractivity contribution in [3.05, 3.63) is 51.3 Å².